The van der Waals surface area contributed by atoms with Gasteiger partial charge >= 0.3 is 0 Å². The largest absolute Gasteiger partial charge is 0.491 e. The fourth-order valence-corrected chi connectivity index (χ4v) is 2.88. The normalized spacial score (nSPS) is 14.6. The van der Waals surface area contributed by atoms with Gasteiger partial charge in [0.2, 0.25) is 0 Å². The summed E-state index contributed by atoms with van der Waals surface area (Å²) < 4.78 is 11.1. The quantitative estimate of drug-likeness (QED) is 0.560. The Balaban J connectivity index is 1.28. The molecule has 0 bridgehead atoms. The van der Waals surface area contributed by atoms with Crippen LogP contribution in [0.15, 0.2) is 54.6 Å². The molecule has 0 aromatic heterocycles. The first-order valence-corrected chi connectivity index (χ1v) is 9.92. The highest BCUT2D eigenvalue weighted by Gasteiger charge is 2.19. The Labute approximate surface area is 171 Å². The molecular formula is C22H28N2O5. The second-order valence-corrected chi connectivity index (χ2v) is 6.85. The number of rotatable bonds is 11. The Bertz CT molecular complexity index is 733. The van der Waals surface area contributed by atoms with Crippen LogP contribution in [0.5, 0.6) is 11.5 Å². The molecule has 1 amide bonds. The molecule has 2 aromatic rings. The Hall–Kier alpha value is -2.61. The molecule has 0 spiro atoms. The minimum Gasteiger partial charge on any atom is -0.491 e. The van der Waals surface area contributed by atoms with Gasteiger partial charge < -0.3 is 19.9 Å². The summed E-state index contributed by atoms with van der Waals surface area (Å²) in [6.07, 6.45) is 1.13. The molecule has 1 fully saturated rings. The standard InChI is InChI=1S/C22H28N2O5/c25-19(16-27-20-5-2-1-3-6-20)15-23-12-11-18-7-9-21(10-8-18)28-17-22(26)24-13-4-14-29-24/h1-3,5-10,19,23,25H,4,11-17H2. The van der Waals surface area contributed by atoms with E-state index in [4.69, 9.17) is 14.3 Å². The van der Waals surface area contributed by atoms with Gasteiger partial charge in [0.25, 0.3) is 5.91 Å². The van der Waals surface area contributed by atoms with Crippen molar-refractivity contribution in [2.75, 3.05) is 39.5 Å². The van der Waals surface area contributed by atoms with Crippen LogP contribution in [-0.2, 0) is 16.1 Å². The molecule has 29 heavy (non-hydrogen) atoms. The van der Waals surface area contributed by atoms with Crippen LogP contribution in [-0.4, -0.2) is 61.6 Å². The molecule has 3 rings (SSSR count). The summed E-state index contributed by atoms with van der Waals surface area (Å²) in [5.41, 5.74) is 1.15. The second-order valence-electron chi connectivity index (χ2n) is 6.85. The number of aliphatic hydroxyl groups is 1. The van der Waals surface area contributed by atoms with Crippen molar-refractivity contribution in [3.05, 3.63) is 60.2 Å². The highest BCUT2D eigenvalue weighted by atomic mass is 16.7. The lowest BCUT2D eigenvalue weighted by Crippen LogP contribution is -2.32. The zero-order chi connectivity index (χ0) is 20.3. The summed E-state index contributed by atoms with van der Waals surface area (Å²) >= 11 is 0. The smallest absolute Gasteiger partial charge is 0.283 e. The van der Waals surface area contributed by atoms with E-state index in [2.05, 4.69) is 5.32 Å². The lowest BCUT2D eigenvalue weighted by molar-refractivity contribution is -0.170. The van der Waals surface area contributed by atoms with Gasteiger partial charge in [-0.1, -0.05) is 30.3 Å². The molecule has 7 heteroatoms. The van der Waals surface area contributed by atoms with Gasteiger partial charge in [0.1, 0.15) is 24.2 Å². The van der Waals surface area contributed by atoms with Crippen molar-refractivity contribution in [2.24, 2.45) is 0 Å². The summed E-state index contributed by atoms with van der Waals surface area (Å²) in [4.78, 5) is 17.1. The zero-order valence-electron chi connectivity index (χ0n) is 16.5. The molecule has 2 N–H and O–H groups in total. The van der Waals surface area contributed by atoms with E-state index in [1.165, 1.54) is 5.06 Å². The number of aliphatic hydroxyl groups excluding tert-OH is 1. The van der Waals surface area contributed by atoms with Crippen LogP contribution in [0.2, 0.25) is 0 Å². The molecule has 2 aromatic carbocycles. The molecule has 0 aliphatic carbocycles. The van der Waals surface area contributed by atoms with Crippen LogP contribution < -0.4 is 14.8 Å². The molecule has 1 saturated heterocycles. The number of ether oxygens (including phenoxy) is 2. The second kappa shape index (κ2) is 11.4. The van der Waals surface area contributed by atoms with Crippen molar-refractivity contribution in [1.82, 2.24) is 10.4 Å². The number of benzene rings is 2. The van der Waals surface area contributed by atoms with E-state index in [1.807, 2.05) is 54.6 Å². The highest BCUT2D eigenvalue weighted by Crippen LogP contribution is 2.13. The summed E-state index contributed by atoms with van der Waals surface area (Å²) in [5.74, 6) is 1.25. The van der Waals surface area contributed by atoms with Gasteiger partial charge in [0.05, 0.1) is 13.2 Å². The van der Waals surface area contributed by atoms with Crippen molar-refractivity contribution >= 4 is 5.91 Å². The molecule has 0 saturated carbocycles. The van der Waals surface area contributed by atoms with Crippen LogP contribution in [0.1, 0.15) is 12.0 Å². The predicted octanol–water partition coefficient (Wildman–Crippen LogP) is 1.80. The topological polar surface area (TPSA) is 80.3 Å². The van der Waals surface area contributed by atoms with Crippen LogP contribution in [0.4, 0.5) is 0 Å². The van der Waals surface area contributed by atoms with E-state index in [9.17, 15) is 9.90 Å². The third kappa shape index (κ3) is 7.38. The minimum atomic E-state index is -0.567. The third-order valence-corrected chi connectivity index (χ3v) is 4.47. The zero-order valence-corrected chi connectivity index (χ0v) is 16.5. The monoisotopic (exact) mass is 400 g/mol. The number of carbonyl (C=O) groups is 1. The first kappa shape index (κ1) is 21.1. The molecule has 7 nitrogen and oxygen atoms in total. The van der Waals surface area contributed by atoms with Gasteiger partial charge in [0.15, 0.2) is 6.61 Å². The molecule has 1 aliphatic heterocycles. The third-order valence-electron chi connectivity index (χ3n) is 4.47. The number of hydrogen-bond donors (Lipinski definition) is 2. The van der Waals surface area contributed by atoms with Crippen LogP contribution in [0, 0.1) is 0 Å². The van der Waals surface area contributed by atoms with E-state index in [1.54, 1.807) is 0 Å². The van der Waals surface area contributed by atoms with Crippen molar-refractivity contribution in [1.29, 1.82) is 0 Å². The van der Waals surface area contributed by atoms with Gasteiger partial charge in [0, 0.05) is 6.54 Å². The van der Waals surface area contributed by atoms with Gasteiger partial charge in [-0.25, -0.2) is 5.06 Å². The van der Waals surface area contributed by atoms with Crippen LogP contribution in [0.25, 0.3) is 0 Å². The van der Waals surface area contributed by atoms with E-state index in [-0.39, 0.29) is 19.1 Å². The molecule has 0 radical (unpaired) electrons. The summed E-state index contributed by atoms with van der Waals surface area (Å²) in [6.45, 7) is 2.66. The van der Waals surface area contributed by atoms with Crippen molar-refractivity contribution < 1.29 is 24.2 Å². The van der Waals surface area contributed by atoms with Crippen molar-refractivity contribution in [3.63, 3.8) is 0 Å². The van der Waals surface area contributed by atoms with E-state index < -0.39 is 6.10 Å². The molecule has 156 valence electrons. The van der Waals surface area contributed by atoms with Gasteiger partial charge in [-0.3, -0.25) is 9.63 Å². The summed E-state index contributed by atoms with van der Waals surface area (Å²) in [5, 5.41) is 14.6. The Morgan fingerprint density at radius 3 is 2.59 bits per heavy atom. The molecule has 1 aliphatic rings. The van der Waals surface area contributed by atoms with Crippen LogP contribution >= 0.6 is 0 Å². The summed E-state index contributed by atoms with van der Waals surface area (Å²) in [7, 11) is 0. The molecule has 1 unspecified atom stereocenters. The van der Waals surface area contributed by atoms with E-state index in [0.717, 1.165) is 30.7 Å². The van der Waals surface area contributed by atoms with Gasteiger partial charge in [-0.05, 0) is 49.2 Å². The van der Waals surface area contributed by atoms with E-state index in [0.29, 0.717) is 25.4 Å². The first-order chi connectivity index (χ1) is 14.2. The summed E-state index contributed by atoms with van der Waals surface area (Å²) in [6, 6.07) is 17.1. The van der Waals surface area contributed by atoms with E-state index >= 15 is 0 Å². The lowest BCUT2D eigenvalue weighted by atomic mass is 10.1. The number of nitrogens with zero attached hydrogens (tertiary/aromatic N) is 1. The number of hydrogen-bond acceptors (Lipinski definition) is 6. The Morgan fingerprint density at radius 1 is 1.10 bits per heavy atom. The van der Waals surface area contributed by atoms with Crippen molar-refractivity contribution in [2.45, 2.75) is 18.9 Å². The Morgan fingerprint density at radius 2 is 1.86 bits per heavy atom. The average molecular weight is 400 g/mol. The minimum absolute atomic E-state index is 0.0240. The number of carbonyl (C=O) groups excluding carboxylic acids is 1. The maximum Gasteiger partial charge on any atom is 0.283 e. The van der Waals surface area contributed by atoms with Gasteiger partial charge in [-0.2, -0.15) is 0 Å². The molecule has 1 heterocycles. The fraction of sp³-hybridized carbons (Fsp3) is 0.409. The molecule has 1 atom stereocenters. The first-order valence-electron chi connectivity index (χ1n) is 9.92. The maximum atomic E-state index is 11.9. The fourth-order valence-electron chi connectivity index (χ4n) is 2.88. The number of hydroxylamine groups is 2. The number of amides is 1. The predicted molar refractivity (Wildman–Crippen MR) is 109 cm³/mol. The van der Waals surface area contributed by atoms with Gasteiger partial charge in [-0.15, -0.1) is 0 Å². The average Bonchev–Trinajstić information content (AvgIpc) is 3.30. The van der Waals surface area contributed by atoms with Crippen LogP contribution in [0.3, 0.4) is 0 Å². The number of para-hydroxylation sites is 1. The maximum absolute atomic E-state index is 11.9. The Kier molecular flexibility index (Phi) is 8.30. The lowest BCUT2D eigenvalue weighted by Gasteiger charge is -2.14. The highest BCUT2D eigenvalue weighted by molar-refractivity contribution is 5.76. The van der Waals surface area contributed by atoms with Crippen molar-refractivity contribution in [3.8, 4) is 11.5 Å². The number of nitrogens with one attached hydrogen (secondary N) is 1. The molecular weight excluding hydrogens is 372 g/mol. The SMILES string of the molecule is O=C(COc1ccc(CCNCC(O)COc2ccccc2)cc1)N1CCCO1.